The van der Waals surface area contributed by atoms with Gasteiger partial charge in [0, 0.05) is 19.7 Å². The van der Waals surface area contributed by atoms with E-state index in [-0.39, 0.29) is 24.8 Å². The largest absolute Gasteiger partial charge is 0.389 e. The Morgan fingerprint density at radius 3 is 3.21 bits per heavy atom. The first-order valence-corrected chi connectivity index (χ1v) is 4.09. The van der Waals surface area contributed by atoms with E-state index >= 15 is 0 Å². The second kappa shape index (κ2) is 5.36. The maximum Gasteiger partial charge on any atom is 0.273 e. The Bertz CT molecular complexity index is 273. The summed E-state index contributed by atoms with van der Waals surface area (Å²) in [5.41, 5.74) is 0.189. The van der Waals surface area contributed by atoms with Gasteiger partial charge in [-0.05, 0) is 0 Å². The molecule has 6 heteroatoms. The molecule has 1 atom stereocenters. The van der Waals surface area contributed by atoms with Crippen LogP contribution in [0.3, 0.4) is 0 Å². The van der Waals surface area contributed by atoms with Gasteiger partial charge in [-0.15, -0.1) is 0 Å². The molecule has 1 heterocycles. The lowest BCUT2D eigenvalue weighted by atomic mass is 10.3. The summed E-state index contributed by atoms with van der Waals surface area (Å²) in [5.74, 6) is -0.381. The number of nitrogens with one attached hydrogen (secondary N) is 1. The van der Waals surface area contributed by atoms with E-state index in [2.05, 4.69) is 15.0 Å². The Hall–Kier alpha value is -1.40. The first kappa shape index (κ1) is 10.7. The van der Waals surface area contributed by atoms with E-state index < -0.39 is 6.10 Å². The highest BCUT2D eigenvalue weighted by molar-refractivity contribution is 5.91. The van der Waals surface area contributed by atoms with Crippen LogP contribution < -0.4 is 5.32 Å². The van der Waals surface area contributed by atoms with Gasteiger partial charge in [0.15, 0.2) is 5.69 Å². The predicted molar refractivity (Wildman–Crippen MR) is 46.7 cm³/mol. The lowest BCUT2D eigenvalue weighted by molar-refractivity contribution is 0.0607. The van der Waals surface area contributed by atoms with E-state index in [0.717, 1.165) is 0 Å². The highest BCUT2D eigenvalue weighted by Gasteiger charge is 2.10. The quantitative estimate of drug-likeness (QED) is 0.663. The van der Waals surface area contributed by atoms with Crippen LogP contribution in [0, 0.1) is 0 Å². The number of nitrogens with zero attached hydrogens (tertiary/aromatic N) is 1. The lowest BCUT2D eigenvalue weighted by Crippen LogP contribution is -2.34. The number of aliphatic hydroxyl groups excluding tert-OH is 1. The van der Waals surface area contributed by atoms with Crippen molar-refractivity contribution in [2.24, 2.45) is 0 Å². The van der Waals surface area contributed by atoms with Crippen LogP contribution >= 0.6 is 0 Å². The van der Waals surface area contributed by atoms with Crippen molar-refractivity contribution in [2.75, 3.05) is 20.3 Å². The van der Waals surface area contributed by atoms with Crippen LogP contribution in [0.25, 0.3) is 0 Å². The zero-order chi connectivity index (χ0) is 10.4. The lowest BCUT2D eigenvalue weighted by Gasteiger charge is -2.09. The topological polar surface area (TPSA) is 84.6 Å². The van der Waals surface area contributed by atoms with Gasteiger partial charge in [-0.2, -0.15) is 0 Å². The number of aromatic nitrogens is 1. The zero-order valence-corrected chi connectivity index (χ0v) is 7.77. The molecule has 1 aromatic rings. The van der Waals surface area contributed by atoms with E-state index in [1.54, 1.807) is 0 Å². The number of amides is 1. The van der Waals surface area contributed by atoms with E-state index in [1.165, 1.54) is 19.4 Å². The van der Waals surface area contributed by atoms with Gasteiger partial charge in [0.1, 0.15) is 6.26 Å². The van der Waals surface area contributed by atoms with Gasteiger partial charge < -0.3 is 19.7 Å². The molecule has 0 radical (unpaired) electrons. The van der Waals surface area contributed by atoms with Gasteiger partial charge in [0.05, 0.1) is 12.7 Å². The highest BCUT2D eigenvalue weighted by atomic mass is 16.5. The molecule has 0 saturated heterocycles. The third kappa shape index (κ3) is 3.15. The van der Waals surface area contributed by atoms with Crippen LogP contribution in [0.1, 0.15) is 10.5 Å². The number of carbonyl (C=O) groups is 1. The van der Waals surface area contributed by atoms with Crippen molar-refractivity contribution in [3.8, 4) is 0 Å². The average Bonchev–Trinajstić information content (AvgIpc) is 2.67. The minimum atomic E-state index is -0.712. The summed E-state index contributed by atoms with van der Waals surface area (Å²) < 4.78 is 9.18. The van der Waals surface area contributed by atoms with E-state index in [4.69, 9.17) is 4.74 Å². The molecule has 0 aliphatic heterocycles. The summed E-state index contributed by atoms with van der Waals surface area (Å²) in [6, 6.07) is 1.44. The van der Waals surface area contributed by atoms with Crippen molar-refractivity contribution in [1.82, 2.24) is 10.5 Å². The number of ether oxygens (including phenoxy) is 1. The fourth-order valence-electron chi connectivity index (χ4n) is 0.882. The Morgan fingerprint density at radius 2 is 2.64 bits per heavy atom. The maximum absolute atomic E-state index is 11.2. The van der Waals surface area contributed by atoms with Gasteiger partial charge in [-0.25, -0.2) is 0 Å². The van der Waals surface area contributed by atoms with Crippen molar-refractivity contribution in [2.45, 2.75) is 6.10 Å². The van der Waals surface area contributed by atoms with Crippen molar-refractivity contribution in [1.29, 1.82) is 0 Å². The van der Waals surface area contributed by atoms with Crippen LogP contribution in [0.4, 0.5) is 0 Å². The Kier molecular flexibility index (Phi) is 4.09. The third-order valence-electron chi connectivity index (χ3n) is 1.53. The second-order valence-corrected chi connectivity index (χ2v) is 2.70. The number of carbonyl (C=O) groups excluding carboxylic acids is 1. The monoisotopic (exact) mass is 200 g/mol. The van der Waals surface area contributed by atoms with Gasteiger partial charge in [-0.1, -0.05) is 5.16 Å². The number of hydrogen-bond acceptors (Lipinski definition) is 5. The molecule has 0 aliphatic carbocycles. The average molecular weight is 200 g/mol. The van der Waals surface area contributed by atoms with Crippen molar-refractivity contribution in [3.63, 3.8) is 0 Å². The molecule has 78 valence electrons. The van der Waals surface area contributed by atoms with Gasteiger partial charge in [0.25, 0.3) is 5.91 Å². The molecule has 14 heavy (non-hydrogen) atoms. The summed E-state index contributed by atoms with van der Waals surface area (Å²) in [5, 5.41) is 15.1. The maximum atomic E-state index is 11.2. The van der Waals surface area contributed by atoms with Crippen LogP contribution in [0.5, 0.6) is 0 Å². The molecular formula is C8H12N2O4. The Morgan fingerprint density at radius 1 is 1.86 bits per heavy atom. The highest BCUT2D eigenvalue weighted by Crippen LogP contribution is 1.93. The van der Waals surface area contributed by atoms with Crippen molar-refractivity contribution in [3.05, 3.63) is 18.0 Å². The third-order valence-corrected chi connectivity index (χ3v) is 1.53. The van der Waals surface area contributed by atoms with Crippen LogP contribution in [-0.4, -0.2) is 42.5 Å². The summed E-state index contributed by atoms with van der Waals surface area (Å²) >= 11 is 0. The normalized spacial score (nSPS) is 12.4. The molecular weight excluding hydrogens is 188 g/mol. The fourth-order valence-corrected chi connectivity index (χ4v) is 0.882. The van der Waals surface area contributed by atoms with Gasteiger partial charge in [-0.3, -0.25) is 4.79 Å². The molecule has 0 spiro atoms. The second-order valence-electron chi connectivity index (χ2n) is 2.70. The van der Waals surface area contributed by atoms with E-state index in [1.807, 2.05) is 0 Å². The van der Waals surface area contributed by atoms with E-state index in [0.29, 0.717) is 0 Å². The zero-order valence-electron chi connectivity index (χ0n) is 7.77. The first-order valence-electron chi connectivity index (χ1n) is 4.09. The molecule has 1 unspecified atom stereocenters. The van der Waals surface area contributed by atoms with Gasteiger partial charge >= 0.3 is 0 Å². The predicted octanol–water partition coefficient (Wildman–Crippen LogP) is -0.588. The smallest absolute Gasteiger partial charge is 0.273 e. The van der Waals surface area contributed by atoms with Crippen molar-refractivity contribution >= 4 is 5.91 Å². The van der Waals surface area contributed by atoms with E-state index in [9.17, 15) is 9.90 Å². The molecule has 0 aromatic carbocycles. The number of hydrogen-bond donors (Lipinski definition) is 2. The Labute approximate surface area is 80.8 Å². The summed E-state index contributed by atoms with van der Waals surface area (Å²) in [4.78, 5) is 11.2. The standard InChI is InChI=1S/C8H12N2O4/c1-13-5-6(11)4-9-8(12)7-2-3-14-10-7/h2-3,6,11H,4-5H2,1H3,(H,9,12). The van der Waals surface area contributed by atoms with Crippen LogP contribution in [-0.2, 0) is 4.74 Å². The Balaban J connectivity index is 2.28. The van der Waals surface area contributed by atoms with Crippen molar-refractivity contribution < 1.29 is 19.2 Å². The summed E-state index contributed by atoms with van der Waals surface area (Å²) in [6.45, 7) is 0.304. The SMILES string of the molecule is COCC(O)CNC(=O)c1ccon1. The molecule has 1 amide bonds. The summed E-state index contributed by atoms with van der Waals surface area (Å²) in [7, 11) is 1.47. The summed E-state index contributed by atoms with van der Waals surface area (Å²) in [6.07, 6.45) is 0.594. The van der Waals surface area contributed by atoms with Crippen LogP contribution in [0.15, 0.2) is 16.9 Å². The van der Waals surface area contributed by atoms with Crippen LogP contribution in [0.2, 0.25) is 0 Å². The number of rotatable bonds is 5. The molecule has 0 aliphatic rings. The molecule has 2 N–H and O–H groups in total. The molecule has 0 fully saturated rings. The number of aliphatic hydroxyl groups is 1. The molecule has 1 aromatic heterocycles. The molecule has 0 bridgehead atoms. The minimum Gasteiger partial charge on any atom is -0.389 e. The molecule has 6 nitrogen and oxygen atoms in total. The minimum absolute atomic E-state index is 0.125. The number of methoxy groups -OCH3 is 1. The first-order chi connectivity index (χ1) is 6.74. The van der Waals surface area contributed by atoms with Gasteiger partial charge in [0.2, 0.25) is 0 Å². The molecule has 1 rings (SSSR count). The molecule has 0 saturated carbocycles. The fraction of sp³-hybridized carbons (Fsp3) is 0.500.